The third-order valence-electron chi connectivity index (χ3n) is 1.76. The van der Waals surface area contributed by atoms with E-state index >= 15 is 0 Å². The molecule has 0 amide bonds. The molecule has 3 heteroatoms. The Balaban J connectivity index is 2.97. The number of nitrogens with two attached hydrogens (primary N) is 1. The summed E-state index contributed by atoms with van der Waals surface area (Å²) in [5, 5.41) is 9.74. The fourth-order valence-corrected chi connectivity index (χ4v) is 1.31. The summed E-state index contributed by atoms with van der Waals surface area (Å²) in [5.41, 5.74) is 6.84. The van der Waals surface area contributed by atoms with Crippen LogP contribution in [0.15, 0.2) is 12.1 Å². The standard InChI is InChI=1S/C11H12ClNO/c1-8-6-9(4-2-3-5-13)7-10(12)11(8)14/h6-7,14H,3,5,13H2,1H3. The lowest BCUT2D eigenvalue weighted by Crippen LogP contribution is -1.95. The number of halogens is 1. The van der Waals surface area contributed by atoms with Crippen molar-refractivity contribution in [2.45, 2.75) is 13.3 Å². The van der Waals surface area contributed by atoms with Crippen LogP contribution in [-0.2, 0) is 0 Å². The summed E-state index contributed by atoms with van der Waals surface area (Å²) < 4.78 is 0. The quantitative estimate of drug-likeness (QED) is 0.696. The molecule has 0 saturated carbocycles. The van der Waals surface area contributed by atoms with Crippen molar-refractivity contribution in [3.63, 3.8) is 0 Å². The molecule has 0 saturated heterocycles. The molecule has 0 bridgehead atoms. The van der Waals surface area contributed by atoms with Gasteiger partial charge in [0.15, 0.2) is 0 Å². The molecule has 0 aliphatic heterocycles. The maximum absolute atomic E-state index is 9.40. The Morgan fingerprint density at radius 2 is 2.21 bits per heavy atom. The molecule has 0 radical (unpaired) electrons. The van der Waals surface area contributed by atoms with E-state index in [1.54, 1.807) is 19.1 Å². The highest BCUT2D eigenvalue weighted by Gasteiger charge is 2.02. The molecule has 0 aromatic heterocycles. The SMILES string of the molecule is Cc1cc(C#CCCN)cc(Cl)c1O. The number of aryl methyl sites for hydroxylation is 1. The maximum Gasteiger partial charge on any atom is 0.137 e. The van der Waals surface area contributed by atoms with Crippen molar-refractivity contribution < 1.29 is 5.11 Å². The largest absolute Gasteiger partial charge is 0.506 e. The van der Waals surface area contributed by atoms with Gasteiger partial charge in [-0.05, 0) is 24.6 Å². The summed E-state index contributed by atoms with van der Waals surface area (Å²) in [7, 11) is 0. The highest BCUT2D eigenvalue weighted by atomic mass is 35.5. The zero-order valence-electron chi connectivity index (χ0n) is 7.97. The van der Waals surface area contributed by atoms with E-state index in [2.05, 4.69) is 11.8 Å². The van der Waals surface area contributed by atoms with E-state index in [9.17, 15) is 5.11 Å². The van der Waals surface area contributed by atoms with Crippen molar-refractivity contribution in [2.24, 2.45) is 5.73 Å². The summed E-state index contributed by atoms with van der Waals surface area (Å²) in [4.78, 5) is 0. The molecule has 1 rings (SSSR count). The van der Waals surface area contributed by atoms with Crippen molar-refractivity contribution in [1.29, 1.82) is 0 Å². The van der Waals surface area contributed by atoms with Gasteiger partial charge in [-0.1, -0.05) is 23.4 Å². The summed E-state index contributed by atoms with van der Waals surface area (Å²) in [5.74, 6) is 5.96. The van der Waals surface area contributed by atoms with Gasteiger partial charge in [-0.15, -0.1) is 0 Å². The first-order chi connectivity index (χ1) is 6.65. The second-order valence-electron chi connectivity index (χ2n) is 2.96. The lowest BCUT2D eigenvalue weighted by Gasteiger charge is -2.01. The Kier molecular flexibility index (Phi) is 3.82. The zero-order valence-corrected chi connectivity index (χ0v) is 8.73. The average Bonchev–Trinajstić information content (AvgIpc) is 2.14. The number of phenols is 1. The third-order valence-corrected chi connectivity index (χ3v) is 2.04. The van der Waals surface area contributed by atoms with Gasteiger partial charge in [-0.25, -0.2) is 0 Å². The summed E-state index contributed by atoms with van der Waals surface area (Å²) >= 11 is 5.79. The van der Waals surface area contributed by atoms with Crippen molar-refractivity contribution >= 4 is 11.6 Å². The van der Waals surface area contributed by atoms with Crippen LogP contribution in [0.2, 0.25) is 5.02 Å². The van der Waals surface area contributed by atoms with E-state index in [1.165, 1.54) is 0 Å². The first-order valence-electron chi connectivity index (χ1n) is 4.33. The van der Waals surface area contributed by atoms with E-state index < -0.39 is 0 Å². The average molecular weight is 210 g/mol. The molecule has 0 aliphatic rings. The molecule has 74 valence electrons. The molecule has 1 aromatic carbocycles. The van der Waals surface area contributed by atoms with Crippen molar-refractivity contribution in [3.8, 4) is 17.6 Å². The van der Waals surface area contributed by atoms with Crippen LogP contribution < -0.4 is 5.73 Å². The number of hydrogen-bond acceptors (Lipinski definition) is 2. The van der Waals surface area contributed by atoms with Crippen LogP contribution in [0.25, 0.3) is 0 Å². The Morgan fingerprint density at radius 3 is 2.79 bits per heavy atom. The van der Waals surface area contributed by atoms with Gasteiger partial charge in [0.2, 0.25) is 0 Å². The predicted molar refractivity (Wildman–Crippen MR) is 58.4 cm³/mol. The number of rotatable bonds is 1. The molecule has 0 fully saturated rings. The third kappa shape index (κ3) is 2.66. The molecule has 0 atom stereocenters. The molecule has 1 aromatic rings. The van der Waals surface area contributed by atoms with E-state index in [0.717, 1.165) is 11.1 Å². The first-order valence-corrected chi connectivity index (χ1v) is 4.71. The van der Waals surface area contributed by atoms with Crippen molar-refractivity contribution in [3.05, 3.63) is 28.3 Å². The van der Waals surface area contributed by atoms with Crippen molar-refractivity contribution in [1.82, 2.24) is 0 Å². The lowest BCUT2D eigenvalue weighted by molar-refractivity contribution is 0.471. The van der Waals surface area contributed by atoms with Crippen LogP contribution in [0.1, 0.15) is 17.5 Å². The molecule has 0 aliphatic carbocycles. The summed E-state index contributed by atoms with van der Waals surface area (Å²) in [6.45, 7) is 2.34. The number of aromatic hydroxyl groups is 1. The lowest BCUT2D eigenvalue weighted by atomic mass is 10.1. The van der Waals surface area contributed by atoms with Gasteiger partial charge in [0.05, 0.1) is 5.02 Å². The van der Waals surface area contributed by atoms with E-state index in [0.29, 0.717) is 18.0 Å². The van der Waals surface area contributed by atoms with Gasteiger partial charge < -0.3 is 10.8 Å². The van der Waals surface area contributed by atoms with Crippen LogP contribution in [0.5, 0.6) is 5.75 Å². The fraction of sp³-hybridized carbons (Fsp3) is 0.273. The molecular formula is C11H12ClNO. The van der Waals surface area contributed by atoms with Gasteiger partial charge in [0, 0.05) is 18.5 Å². The van der Waals surface area contributed by atoms with Crippen LogP contribution in [0, 0.1) is 18.8 Å². The highest BCUT2D eigenvalue weighted by Crippen LogP contribution is 2.27. The van der Waals surface area contributed by atoms with Gasteiger partial charge in [0.1, 0.15) is 5.75 Å². The fourth-order valence-electron chi connectivity index (χ4n) is 1.05. The number of hydrogen-bond donors (Lipinski definition) is 2. The minimum absolute atomic E-state index is 0.121. The van der Waals surface area contributed by atoms with E-state index in [1.807, 2.05) is 0 Å². The molecule has 0 spiro atoms. The Labute approximate surface area is 88.7 Å². The Morgan fingerprint density at radius 1 is 1.50 bits per heavy atom. The second kappa shape index (κ2) is 4.90. The van der Waals surface area contributed by atoms with Crippen molar-refractivity contribution in [2.75, 3.05) is 6.54 Å². The molecule has 14 heavy (non-hydrogen) atoms. The highest BCUT2D eigenvalue weighted by molar-refractivity contribution is 6.32. The maximum atomic E-state index is 9.40. The normalized spacial score (nSPS) is 9.36. The van der Waals surface area contributed by atoms with Gasteiger partial charge in [-0.2, -0.15) is 0 Å². The van der Waals surface area contributed by atoms with E-state index in [4.69, 9.17) is 17.3 Å². The second-order valence-corrected chi connectivity index (χ2v) is 3.37. The minimum Gasteiger partial charge on any atom is -0.506 e. The first kappa shape index (κ1) is 10.9. The Bertz CT molecular complexity index is 367. The Hall–Kier alpha value is -1.17. The number of benzene rings is 1. The summed E-state index contributed by atoms with van der Waals surface area (Å²) in [6.07, 6.45) is 0.664. The van der Waals surface area contributed by atoms with Gasteiger partial charge in [0.25, 0.3) is 0 Å². The van der Waals surface area contributed by atoms with Crippen LogP contribution in [-0.4, -0.2) is 11.7 Å². The molecule has 0 heterocycles. The van der Waals surface area contributed by atoms with E-state index in [-0.39, 0.29) is 5.75 Å². The monoisotopic (exact) mass is 209 g/mol. The van der Waals surface area contributed by atoms with Crippen LogP contribution in [0.3, 0.4) is 0 Å². The molecular weight excluding hydrogens is 198 g/mol. The summed E-state index contributed by atoms with van der Waals surface area (Å²) in [6, 6.07) is 3.44. The topological polar surface area (TPSA) is 46.2 Å². The van der Waals surface area contributed by atoms with Crippen LogP contribution >= 0.6 is 11.6 Å². The minimum atomic E-state index is 0.121. The molecule has 0 unspecified atom stereocenters. The van der Waals surface area contributed by atoms with Gasteiger partial charge >= 0.3 is 0 Å². The van der Waals surface area contributed by atoms with Gasteiger partial charge in [-0.3, -0.25) is 0 Å². The van der Waals surface area contributed by atoms with Crippen LogP contribution in [0.4, 0.5) is 0 Å². The molecule has 2 nitrogen and oxygen atoms in total. The number of phenolic OH excluding ortho intramolecular Hbond substituents is 1. The zero-order chi connectivity index (χ0) is 10.6. The predicted octanol–water partition coefficient (Wildman–Crippen LogP) is 2.05. The smallest absolute Gasteiger partial charge is 0.137 e. The molecule has 3 N–H and O–H groups in total.